The molecule has 6 nitrogen and oxygen atoms in total. The minimum absolute atomic E-state index is 0.0535. The third-order valence-electron chi connectivity index (χ3n) is 6.06. The minimum atomic E-state index is -0.532. The fourth-order valence-corrected chi connectivity index (χ4v) is 4.70. The molecule has 1 N–H and O–H groups in total. The summed E-state index contributed by atoms with van der Waals surface area (Å²) in [6.45, 7) is 2.45. The van der Waals surface area contributed by atoms with Crippen molar-refractivity contribution in [1.29, 1.82) is 0 Å². The fourth-order valence-electron chi connectivity index (χ4n) is 4.70. The predicted octanol–water partition coefficient (Wildman–Crippen LogP) is 3.84. The van der Waals surface area contributed by atoms with E-state index in [4.69, 9.17) is 0 Å². The van der Waals surface area contributed by atoms with E-state index in [-0.39, 0.29) is 29.6 Å². The monoisotopic (exact) mass is 421 g/mol. The SMILES string of the molecule is Cc1cnc(NC2CC3CC2N(C(=O)c2ccccc2-c2ncc(F)cn2)C3)c(F)c1. The van der Waals surface area contributed by atoms with Gasteiger partial charge in [0.2, 0.25) is 0 Å². The van der Waals surface area contributed by atoms with Gasteiger partial charge in [-0.15, -0.1) is 0 Å². The Kier molecular flexibility index (Phi) is 4.84. The first-order valence-electron chi connectivity index (χ1n) is 10.3. The zero-order valence-electron chi connectivity index (χ0n) is 16.9. The first-order valence-corrected chi connectivity index (χ1v) is 10.3. The third-order valence-corrected chi connectivity index (χ3v) is 6.06. The molecule has 158 valence electrons. The molecule has 0 radical (unpaired) electrons. The Bertz CT molecular complexity index is 1140. The summed E-state index contributed by atoms with van der Waals surface area (Å²) in [6.07, 6.45) is 5.54. The number of nitrogens with zero attached hydrogens (tertiary/aromatic N) is 4. The number of nitrogens with one attached hydrogen (secondary N) is 1. The summed E-state index contributed by atoms with van der Waals surface area (Å²) in [4.78, 5) is 27.6. The number of pyridine rings is 1. The molecule has 3 aromatic rings. The van der Waals surface area contributed by atoms with Gasteiger partial charge in [0.1, 0.15) is 0 Å². The Morgan fingerprint density at radius 1 is 1.10 bits per heavy atom. The summed E-state index contributed by atoms with van der Waals surface area (Å²) >= 11 is 0. The summed E-state index contributed by atoms with van der Waals surface area (Å²) in [5.74, 6) is -0.172. The molecule has 8 heteroatoms. The van der Waals surface area contributed by atoms with Crippen molar-refractivity contribution in [2.75, 3.05) is 11.9 Å². The Hall–Kier alpha value is -3.42. The lowest BCUT2D eigenvalue weighted by Crippen LogP contribution is -2.48. The third kappa shape index (κ3) is 3.62. The Morgan fingerprint density at radius 2 is 1.87 bits per heavy atom. The number of amides is 1. The van der Waals surface area contributed by atoms with Crippen molar-refractivity contribution < 1.29 is 13.6 Å². The summed E-state index contributed by atoms with van der Waals surface area (Å²) in [5, 5.41) is 3.21. The molecule has 3 heterocycles. The molecule has 1 saturated carbocycles. The number of likely N-dealkylation sites (tertiary alicyclic amines) is 1. The van der Waals surface area contributed by atoms with Crippen LogP contribution in [0.15, 0.2) is 48.9 Å². The van der Waals surface area contributed by atoms with Gasteiger partial charge in [0.05, 0.1) is 24.0 Å². The van der Waals surface area contributed by atoms with Gasteiger partial charge in [-0.25, -0.2) is 23.7 Å². The van der Waals surface area contributed by atoms with Crippen LogP contribution in [-0.4, -0.2) is 44.4 Å². The molecule has 3 unspecified atom stereocenters. The molecular weight excluding hydrogens is 400 g/mol. The lowest BCUT2D eigenvalue weighted by Gasteiger charge is -2.34. The molecule has 2 bridgehead atoms. The highest BCUT2D eigenvalue weighted by atomic mass is 19.1. The maximum absolute atomic E-state index is 14.3. The number of aryl methyl sites for hydroxylation is 1. The van der Waals surface area contributed by atoms with Gasteiger partial charge in [-0.1, -0.05) is 18.2 Å². The van der Waals surface area contributed by atoms with Crippen LogP contribution in [0.4, 0.5) is 14.6 Å². The average Bonchev–Trinajstić information content (AvgIpc) is 3.36. The van der Waals surface area contributed by atoms with Crippen molar-refractivity contribution in [2.24, 2.45) is 5.92 Å². The molecule has 3 atom stereocenters. The van der Waals surface area contributed by atoms with E-state index in [0.29, 0.717) is 29.4 Å². The molecule has 1 aliphatic carbocycles. The number of piperidine rings is 1. The molecule has 2 fully saturated rings. The molecule has 5 rings (SSSR count). The molecule has 2 aromatic heterocycles. The number of halogens is 2. The van der Waals surface area contributed by atoms with Gasteiger partial charge in [-0.05, 0) is 43.4 Å². The van der Waals surface area contributed by atoms with Crippen molar-refractivity contribution >= 4 is 11.7 Å². The normalized spacial score (nSPS) is 22.0. The lowest BCUT2D eigenvalue weighted by molar-refractivity contribution is 0.0692. The molecule has 1 amide bonds. The number of carbonyl (C=O) groups is 1. The Morgan fingerprint density at radius 3 is 2.61 bits per heavy atom. The van der Waals surface area contributed by atoms with Crippen molar-refractivity contribution in [3.05, 3.63) is 71.7 Å². The van der Waals surface area contributed by atoms with Crippen LogP contribution in [0.2, 0.25) is 0 Å². The van der Waals surface area contributed by atoms with Crippen molar-refractivity contribution in [3.63, 3.8) is 0 Å². The van der Waals surface area contributed by atoms with Gasteiger partial charge in [-0.2, -0.15) is 0 Å². The van der Waals surface area contributed by atoms with Crippen LogP contribution in [-0.2, 0) is 0 Å². The molecular formula is C23H21F2N5O. The van der Waals surface area contributed by atoms with E-state index < -0.39 is 5.82 Å². The molecule has 1 aromatic carbocycles. The lowest BCUT2D eigenvalue weighted by atomic mass is 10.0. The van der Waals surface area contributed by atoms with E-state index >= 15 is 0 Å². The second-order valence-electron chi connectivity index (χ2n) is 8.23. The largest absolute Gasteiger partial charge is 0.363 e. The topological polar surface area (TPSA) is 71.0 Å². The van der Waals surface area contributed by atoms with E-state index in [0.717, 1.165) is 30.8 Å². The first kappa shape index (κ1) is 19.5. The number of anilines is 1. The van der Waals surface area contributed by atoms with Crippen LogP contribution >= 0.6 is 0 Å². The van der Waals surface area contributed by atoms with Gasteiger partial charge in [0, 0.05) is 24.3 Å². The summed E-state index contributed by atoms with van der Waals surface area (Å²) in [6, 6.07) is 8.41. The van der Waals surface area contributed by atoms with Gasteiger partial charge in [-0.3, -0.25) is 4.79 Å². The first-order chi connectivity index (χ1) is 15.0. The fraction of sp³-hybridized carbons (Fsp3) is 0.304. The maximum atomic E-state index is 14.3. The van der Waals surface area contributed by atoms with Crippen LogP contribution in [0.3, 0.4) is 0 Å². The second-order valence-corrected chi connectivity index (χ2v) is 8.23. The van der Waals surface area contributed by atoms with Gasteiger partial charge < -0.3 is 10.2 Å². The van der Waals surface area contributed by atoms with E-state index in [1.165, 1.54) is 6.07 Å². The molecule has 2 aliphatic rings. The summed E-state index contributed by atoms with van der Waals surface area (Å²) in [7, 11) is 0. The van der Waals surface area contributed by atoms with Crippen LogP contribution in [0.25, 0.3) is 11.4 Å². The molecule has 1 aliphatic heterocycles. The van der Waals surface area contributed by atoms with E-state index in [2.05, 4.69) is 20.3 Å². The predicted molar refractivity (Wildman–Crippen MR) is 111 cm³/mol. The minimum Gasteiger partial charge on any atom is -0.363 e. The summed E-state index contributed by atoms with van der Waals surface area (Å²) < 4.78 is 27.5. The number of hydrogen-bond acceptors (Lipinski definition) is 5. The van der Waals surface area contributed by atoms with Crippen molar-refractivity contribution in [1.82, 2.24) is 19.9 Å². The van der Waals surface area contributed by atoms with Crippen molar-refractivity contribution in [3.8, 4) is 11.4 Å². The number of aromatic nitrogens is 3. The number of rotatable bonds is 4. The smallest absolute Gasteiger partial charge is 0.254 e. The maximum Gasteiger partial charge on any atom is 0.254 e. The van der Waals surface area contributed by atoms with E-state index in [1.807, 2.05) is 4.90 Å². The van der Waals surface area contributed by atoms with Gasteiger partial charge in [0.25, 0.3) is 5.91 Å². The Labute approximate surface area is 178 Å². The van der Waals surface area contributed by atoms with Crippen LogP contribution in [0, 0.1) is 24.5 Å². The number of hydrogen-bond donors (Lipinski definition) is 1. The van der Waals surface area contributed by atoms with Crippen LogP contribution in [0.5, 0.6) is 0 Å². The molecule has 31 heavy (non-hydrogen) atoms. The van der Waals surface area contributed by atoms with Crippen LogP contribution < -0.4 is 5.32 Å². The zero-order valence-corrected chi connectivity index (χ0v) is 16.9. The highest BCUT2D eigenvalue weighted by Crippen LogP contribution is 2.40. The number of benzene rings is 1. The summed E-state index contributed by atoms with van der Waals surface area (Å²) in [5.41, 5.74) is 1.79. The van der Waals surface area contributed by atoms with Gasteiger partial charge in [0.15, 0.2) is 23.3 Å². The highest BCUT2D eigenvalue weighted by molar-refractivity contribution is 6.00. The molecule has 1 saturated heterocycles. The second kappa shape index (κ2) is 7.68. The number of fused-ring (bicyclic) bond motifs is 2. The van der Waals surface area contributed by atoms with Crippen LogP contribution in [0.1, 0.15) is 28.8 Å². The zero-order chi connectivity index (χ0) is 21.5. The number of carbonyl (C=O) groups excluding carboxylic acids is 1. The van der Waals surface area contributed by atoms with E-state index in [1.54, 1.807) is 37.4 Å². The quantitative estimate of drug-likeness (QED) is 0.693. The molecule has 0 spiro atoms. The van der Waals surface area contributed by atoms with Gasteiger partial charge >= 0.3 is 0 Å². The standard InChI is InChI=1S/C23H21F2N5O/c1-13-6-18(25)22(26-9-13)29-19-7-14-8-20(19)30(12-14)23(31)17-5-3-2-4-16(17)21-27-10-15(24)11-28-21/h2-6,9-11,14,19-20H,7-8,12H2,1H3,(H,26,29). The highest BCUT2D eigenvalue weighted by Gasteiger charge is 2.47. The van der Waals surface area contributed by atoms with Crippen molar-refractivity contribution in [2.45, 2.75) is 31.8 Å². The van der Waals surface area contributed by atoms with E-state index in [9.17, 15) is 13.6 Å². The average molecular weight is 421 g/mol. The Balaban J connectivity index is 1.40.